The lowest BCUT2D eigenvalue weighted by atomic mass is 9.88. The number of hydrogen-bond donors (Lipinski definition) is 2. The Kier molecular flexibility index (Phi) is 3.97. The van der Waals surface area contributed by atoms with Crippen molar-refractivity contribution in [2.24, 2.45) is 0 Å². The number of pyridine rings is 1. The van der Waals surface area contributed by atoms with Gasteiger partial charge in [0.15, 0.2) is 0 Å². The van der Waals surface area contributed by atoms with Crippen molar-refractivity contribution in [2.45, 2.75) is 19.4 Å². The average Bonchev–Trinajstić information content (AvgIpc) is 2.56. The first-order valence-corrected chi connectivity index (χ1v) is 7.50. The van der Waals surface area contributed by atoms with E-state index < -0.39 is 5.60 Å². The summed E-state index contributed by atoms with van der Waals surface area (Å²) in [6.07, 6.45) is 1.67. The lowest BCUT2D eigenvalue weighted by molar-refractivity contribution is 0.119. The zero-order valence-electron chi connectivity index (χ0n) is 13.4. The van der Waals surface area contributed by atoms with Crippen LogP contribution in [0.4, 0.5) is 0 Å². The first-order valence-electron chi connectivity index (χ1n) is 7.50. The maximum Gasteiger partial charge on any atom is 0.255 e. The molecular formula is C18H17N3O3. The first-order chi connectivity index (χ1) is 11.5. The molecule has 0 aliphatic carbocycles. The largest absolute Gasteiger partial charge is 0.483 e. The number of nitrogens with one attached hydrogen (secondary N) is 1. The van der Waals surface area contributed by atoms with Gasteiger partial charge in [-0.1, -0.05) is 6.07 Å². The number of fused-ring (bicyclic) bond motifs is 1. The minimum absolute atomic E-state index is 0.125. The van der Waals surface area contributed by atoms with Crippen molar-refractivity contribution in [1.29, 1.82) is 5.26 Å². The van der Waals surface area contributed by atoms with Crippen molar-refractivity contribution < 1.29 is 9.94 Å². The van der Waals surface area contributed by atoms with E-state index in [9.17, 15) is 15.3 Å². The van der Waals surface area contributed by atoms with E-state index in [4.69, 9.17) is 4.74 Å². The molecule has 0 amide bonds. The minimum atomic E-state index is -0.735. The van der Waals surface area contributed by atoms with E-state index in [1.54, 1.807) is 36.5 Å². The van der Waals surface area contributed by atoms with E-state index in [0.717, 1.165) is 0 Å². The quantitative estimate of drug-likeness (QED) is 0.845. The topological polar surface area (TPSA) is 87.3 Å². The summed E-state index contributed by atoms with van der Waals surface area (Å²) in [5.74, 6) is 0.589. The summed E-state index contributed by atoms with van der Waals surface area (Å²) < 4.78 is 7.55. The highest BCUT2D eigenvalue weighted by molar-refractivity contribution is 5.77. The molecule has 0 unspecified atom stereocenters. The van der Waals surface area contributed by atoms with Gasteiger partial charge in [-0.3, -0.25) is 9.36 Å². The predicted octanol–water partition coefficient (Wildman–Crippen LogP) is 2.13. The van der Waals surface area contributed by atoms with Crippen LogP contribution in [0.3, 0.4) is 0 Å². The maximum absolute atomic E-state index is 12.4. The zero-order chi connectivity index (χ0) is 17.3. The Bertz CT molecular complexity index is 920. The molecule has 0 atom stereocenters. The van der Waals surface area contributed by atoms with E-state index in [1.165, 1.54) is 10.6 Å². The van der Waals surface area contributed by atoms with Crippen LogP contribution in [-0.4, -0.2) is 21.9 Å². The van der Waals surface area contributed by atoms with Crippen molar-refractivity contribution in [3.63, 3.8) is 0 Å². The second-order valence-electron chi connectivity index (χ2n) is 6.01. The fourth-order valence-corrected chi connectivity index (χ4v) is 2.92. The molecule has 24 heavy (non-hydrogen) atoms. The maximum atomic E-state index is 12.4. The summed E-state index contributed by atoms with van der Waals surface area (Å²) in [6.45, 7) is 3.86. The van der Waals surface area contributed by atoms with Gasteiger partial charge in [-0.15, -0.1) is 0 Å². The Morgan fingerprint density at radius 1 is 1.33 bits per heavy atom. The van der Waals surface area contributed by atoms with Crippen LogP contribution < -0.4 is 15.8 Å². The molecule has 122 valence electrons. The fourth-order valence-electron chi connectivity index (χ4n) is 2.92. The van der Waals surface area contributed by atoms with Gasteiger partial charge in [0.1, 0.15) is 11.4 Å². The van der Waals surface area contributed by atoms with Crippen molar-refractivity contribution >= 4 is 5.70 Å². The smallest absolute Gasteiger partial charge is 0.255 e. The van der Waals surface area contributed by atoms with Gasteiger partial charge in [-0.05, 0) is 38.1 Å². The SMILES string of the molecule is CC1(C)Oc2ccc(C#N)cc2C(n2ccccc2=O)=C1CNO. The summed E-state index contributed by atoms with van der Waals surface area (Å²) in [5, 5.41) is 18.4. The third-order valence-corrected chi connectivity index (χ3v) is 4.06. The van der Waals surface area contributed by atoms with Crippen LogP contribution in [0.2, 0.25) is 0 Å². The number of hydroxylamine groups is 1. The van der Waals surface area contributed by atoms with Gasteiger partial charge in [0.25, 0.3) is 5.56 Å². The Hall–Kier alpha value is -2.88. The normalized spacial score (nSPS) is 15.4. The molecule has 0 fully saturated rings. The molecule has 6 heteroatoms. The van der Waals surface area contributed by atoms with Gasteiger partial charge in [0.2, 0.25) is 0 Å². The molecule has 0 saturated carbocycles. The molecule has 1 aromatic carbocycles. The highest BCUT2D eigenvalue weighted by Gasteiger charge is 2.36. The van der Waals surface area contributed by atoms with Gasteiger partial charge in [-0.2, -0.15) is 5.26 Å². The zero-order valence-corrected chi connectivity index (χ0v) is 13.4. The number of rotatable bonds is 3. The monoisotopic (exact) mass is 323 g/mol. The Balaban J connectivity index is 2.39. The molecule has 2 N–H and O–H groups in total. The molecule has 1 aliphatic rings. The minimum Gasteiger partial charge on any atom is -0.483 e. The van der Waals surface area contributed by atoms with Gasteiger partial charge in [-0.25, -0.2) is 5.48 Å². The fraction of sp³-hybridized carbons (Fsp3) is 0.222. The number of hydrogen-bond acceptors (Lipinski definition) is 5. The third kappa shape index (κ3) is 2.60. The van der Waals surface area contributed by atoms with E-state index >= 15 is 0 Å². The molecule has 1 aliphatic heterocycles. The van der Waals surface area contributed by atoms with Crippen molar-refractivity contribution in [3.8, 4) is 11.8 Å². The summed E-state index contributed by atoms with van der Waals surface area (Å²) in [5.41, 5.74) is 3.66. The number of aromatic nitrogens is 1. The molecule has 3 rings (SSSR count). The lowest BCUT2D eigenvalue weighted by Gasteiger charge is -2.37. The Labute approximate surface area is 139 Å². The van der Waals surface area contributed by atoms with Crippen LogP contribution in [0.5, 0.6) is 5.75 Å². The highest BCUT2D eigenvalue weighted by atomic mass is 16.5. The van der Waals surface area contributed by atoms with E-state index in [1.807, 2.05) is 13.8 Å². The molecule has 0 saturated heterocycles. The lowest BCUT2D eigenvalue weighted by Crippen LogP contribution is -2.40. The first kappa shape index (κ1) is 16.0. The van der Waals surface area contributed by atoms with Gasteiger partial charge < -0.3 is 9.94 Å². The van der Waals surface area contributed by atoms with Crippen LogP contribution in [0, 0.1) is 11.3 Å². The number of nitriles is 1. The molecule has 2 heterocycles. The molecule has 1 aromatic heterocycles. The summed E-state index contributed by atoms with van der Waals surface area (Å²) in [4.78, 5) is 12.4. The van der Waals surface area contributed by atoms with Gasteiger partial charge in [0, 0.05) is 29.9 Å². The van der Waals surface area contributed by atoms with Crippen LogP contribution in [-0.2, 0) is 0 Å². The molecular weight excluding hydrogens is 306 g/mol. The predicted molar refractivity (Wildman–Crippen MR) is 88.7 cm³/mol. The average molecular weight is 323 g/mol. The molecule has 2 aromatic rings. The second kappa shape index (κ2) is 5.96. The van der Waals surface area contributed by atoms with E-state index in [-0.39, 0.29) is 12.1 Å². The van der Waals surface area contributed by atoms with Gasteiger partial charge >= 0.3 is 0 Å². The molecule has 0 spiro atoms. The standard InChI is InChI=1S/C18H17N3O3/c1-18(2)14(11-20-23)17(21-8-4-3-5-16(21)22)13-9-12(10-19)6-7-15(13)24-18/h3-9,20,23H,11H2,1-2H3. The Morgan fingerprint density at radius 3 is 2.79 bits per heavy atom. The molecule has 6 nitrogen and oxygen atoms in total. The van der Waals surface area contributed by atoms with Crippen LogP contribution in [0.25, 0.3) is 5.70 Å². The number of ether oxygens (including phenoxy) is 1. The number of benzene rings is 1. The second-order valence-corrected chi connectivity index (χ2v) is 6.01. The number of nitrogens with zero attached hydrogens (tertiary/aromatic N) is 2. The summed E-state index contributed by atoms with van der Waals surface area (Å²) >= 11 is 0. The van der Waals surface area contributed by atoms with Crippen LogP contribution in [0.15, 0.2) is 53.0 Å². The molecule has 0 bridgehead atoms. The van der Waals surface area contributed by atoms with Crippen molar-refractivity contribution in [3.05, 3.63) is 69.6 Å². The van der Waals surface area contributed by atoms with Crippen LogP contribution >= 0.6 is 0 Å². The van der Waals surface area contributed by atoms with Crippen molar-refractivity contribution in [2.75, 3.05) is 6.54 Å². The Morgan fingerprint density at radius 2 is 2.12 bits per heavy atom. The van der Waals surface area contributed by atoms with Crippen LogP contribution in [0.1, 0.15) is 25.0 Å². The van der Waals surface area contributed by atoms with E-state index in [0.29, 0.717) is 28.1 Å². The third-order valence-electron chi connectivity index (χ3n) is 4.06. The highest BCUT2D eigenvalue weighted by Crippen LogP contribution is 2.41. The molecule has 0 radical (unpaired) electrons. The summed E-state index contributed by atoms with van der Waals surface area (Å²) in [6, 6.07) is 12.1. The van der Waals surface area contributed by atoms with Gasteiger partial charge in [0.05, 0.1) is 17.3 Å². The van der Waals surface area contributed by atoms with Crippen molar-refractivity contribution in [1.82, 2.24) is 10.0 Å². The van der Waals surface area contributed by atoms with E-state index in [2.05, 4.69) is 11.5 Å². The summed E-state index contributed by atoms with van der Waals surface area (Å²) in [7, 11) is 0.